The van der Waals surface area contributed by atoms with Crippen molar-refractivity contribution in [1.29, 1.82) is 0 Å². The molecule has 1 heterocycles. The number of hydrogen-bond donors (Lipinski definition) is 0. The van der Waals surface area contributed by atoms with E-state index >= 15 is 0 Å². The summed E-state index contributed by atoms with van der Waals surface area (Å²) in [6.07, 6.45) is 3.51. The van der Waals surface area contributed by atoms with E-state index in [1.165, 1.54) is 11.8 Å². The molecule has 0 bridgehead atoms. The first-order valence-corrected chi connectivity index (χ1v) is 6.65. The Labute approximate surface area is 111 Å². The number of Topliss-reactive ketones (excluding diaryl/α,β-unsaturated/α-hetero) is 1. The fourth-order valence-corrected chi connectivity index (χ4v) is 2.09. The minimum Gasteiger partial charge on any atom is -0.293 e. The summed E-state index contributed by atoms with van der Waals surface area (Å²) in [6.45, 7) is 3.94. The number of aromatic nitrogens is 2. The van der Waals surface area contributed by atoms with Gasteiger partial charge in [0.2, 0.25) is 0 Å². The summed E-state index contributed by atoms with van der Waals surface area (Å²) in [5, 5.41) is 0.640. The predicted molar refractivity (Wildman–Crippen MR) is 73.0 cm³/mol. The van der Waals surface area contributed by atoms with Gasteiger partial charge in [0.25, 0.3) is 0 Å². The summed E-state index contributed by atoms with van der Waals surface area (Å²) in [4.78, 5) is 20.2. The molecule has 2 rings (SSSR count). The summed E-state index contributed by atoms with van der Waals surface area (Å²) in [5.74, 6) is 0.468. The van der Waals surface area contributed by atoms with E-state index < -0.39 is 0 Å². The lowest BCUT2D eigenvalue weighted by Gasteiger charge is -2.01. The van der Waals surface area contributed by atoms with Crippen molar-refractivity contribution in [2.75, 3.05) is 5.75 Å². The highest BCUT2D eigenvalue weighted by Gasteiger charge is 2.07. The molecule has 3 nitrogen and oxygen atoms in total. The minimum absolute atomic E-state index is 0.101. The van der Waals surface area contributed by atoms with Crippen molar-refractivity contribution >= 4 is 17.5 Å². The van der Waals surface area contributed by atoms with Crippen LogP contribution < -0.4 is 0 Å². The van der Waals surface area contributed by atoms with Crippen LogP contribution in [0.1, 0.15) is 21.5 Å². The second-order valence-corrected chi connectivity index (χ2v) is 5.06. The monoisotopic (exact) mass is 258 g/mol. The van der Waals surface area contributed by atoms with Gasteiger partial charge in [0.1, 0.15) is 0 Å². The van der Waals surface area contributed by atoms with Gasteiger partial charge < -0.3 is 0 Å². The van der Waals surface area contributed by atoms with Crippen molar-refractivity contribution < 1.29 is 4.79 Å². The molecule has 0 amide bonds. The summed E-state index contributed by atoms with van der Waals surface area (Å²) in [7, 11) is 0. The second-order valence-electron chi connectivity index (χ2n) is 4.12. The van der Waals surface area contributed by atoms with Crippen LogP contribution in [0, 0.1) is 13.8 Å². The SMILES string of the molecule is Cc1ccc(C(=O)CSc2ncc(C)cn2)cc1. The van der Waals surface area contributed by atoms with Crippen molar-refractivity contribution in [3.63, 3.8) is 0 Å². The maximum absolute atomic E-state index is 11.9. The lowest BCUT2D eigenvalue weighted by molar-refractivity contribution is 0.102. The number of ketones is 1. The summed E-state index contributed by atoms with van der Waals surface area (Å²) >= 11 is 1.36. The molecule has 0 unspecified atom stereocenters. The zero-order valence-corrected chi connectivity index (χ0v) is 11.2. The van der Waals surface area contributed by atoms with E-state index in [2.05, 4.69) is 9.97 Å². The highest BCUT2D eigenvalue weighted by Crippen LogP contribution is 2.14. The van der Waals surface area contributed by atoms with E-state index in [1.54, 1.807) is 12.4 Å². The number of carbonyl (C=O) groups is 1. The minimum atomic E-state index is 0.101. The number of hydrogen-bond acceptors (Lipinski definition) is 4. The van der Waals surface area contributed by atoms with Crippen LogP contribution in [0.25, 0.3) is 0 Å². The fourth-order valence-electron chi connectivity index (χ4n) is 1.41. The number of benzene rings is 1. The molecule has 0 aliphatic rings. The normalized spacial score (nSPS) is 10.3. The van der Waals surface area contributed by atoms with Gasteiger partial charge in [-0.1, -0.05) is 41.6 Å². The van der Waals surface area contributed by atoms with Crippen molar-refractivity contribution in [1.82, 2.24) is 9.97 Å². The topological polar surface area (TPSA) is 42.9 Å². The van der Waals surface area contributed by atoms with Crippen molar-refractivity contribution in [2.24, 2.45) is 0 Å². The Kier molecular flexibility index (Phi) is 4.10. The van der Waals surface area contributed by atoms with Crippen LogP contribution >= 0.6 is 11.8 Å². The maximum Gasteiger partial charge on any atom is 0.187 e. The number of thioether (sulfide) groups is 1. The Morgan fingerprint density at radius 3 is 2.28 bits per heavy atom. The van der Waals surface area contributed by atoms with E-state index in [0.717, 1.165) is 16.7 Å². The van der Waals surface area contributed by atoms with Gasteiger partial charge in [-0.2, -0.15) is 0 Å². The van der Waals surface area contributed by atoms with E-state index in [-0.39, 0.29) is 5.78 Å². The molecule has 0 radical (unpaired) electrons. The molecule has 0 spiro atoms. The van der Waals surface area contributed by atoms with Crippen LogP contribution in [-0.4, -0.2) is 21.5 Å². The molecule has 0 N–H and O–H groups in total. The van der Waals surface area contributed by atoms with Gasteiger partial charge in [-0.3, -0.25) is 4.79 Å². The first-order valence-electron chi connectivity index (χ1n) is 5.66. The van der Waals surface area contributed by atoms with Crippen molar-refractivity contribution in [2.45, 2.75) is 19.0 Å². The molecular weight excluding hydrogens is 244 g/mol. The third-order valence-electron chi connectivity index (χ3n) is 2.46. The molecule has 0 fully saturated rings. The number of aryl methyl sites for hydroxylation is 2. The lowest BCUT2D eigenvalue weighted by atomic mass is 10.1. The van der Waals surface area contributed by atoms with Crippen LogP contribution in [0.2, 0.25) is 0 Å². The fraction of sp³-hybridized carbons (Fsp3) is 0.214. The van der Waals surface area contributed by atoms with Gasteiger partial charge >= 0.3 is 0 Å². The third-order valence-corrected chi connectivity index (χ3v) is 3.34. The quantitative estimate of drug-likeness (QED) is 0.480. The smallest absolute Gasteiger partial charge is 0.187 e. The van der Waals surface area contributed by atoms with E-state index in [9.17, 15) is 4.79 Å². The van der Waals surface area contributed by atoms with Crippen LogP contribution in [0.3, 0.4) is 0 Å². The number of nitrogens with zero attached hydrogens (tertiary/aromatic N) is 2. The first-order chi connectivity index (χ1) is 8.65. The Hall–Kier alpha value is -1.68. The van der Waals surface area contributed by atoms with Crippen LogP contribution in [0.5, 0.6) is 0 Å². The van der Waals surface area contributed by atoms with Gasteiger partial charge in [0.15, 0.2) is 10.9 Å². The molecule has 0 aliphatic heterocycles. The molecular formula is C14H14N2OS. The zero-order valence-electron chi connectivity index (χ0n) is 10.4. The van der Waals surface area contributed by atoms with Gasteiger partial charge in [-0.25, -0.2) is 9.97 Å². The summed E-state index contributed by atoms with van der Waals surface area (Å²) in [6, 6.07) is 7.60. The molecule has 18 heavy (non-hydrogen) atoms. The molecule has 0 atom stereocenters. The number of rotatable bonds is 4. The van der Waals surface area contributed by atoms with E-state index in [1.807, 2.05) is 38.1 Å². The predicted octanol–water partition coefficient (Wildman–Crippen LogP) is 3.07. The molecule has 4 heteroatoms. The first kappa shape index (κ1) is 12.8. The molecule has 1 aromatic carbocycles. The molecule has 0 saturated carbocycles. The Bertz CT molecular complexity index is 535. The molecule has 92 valence electrons. The van der Waals surface area contributed by atoms with Crippen LogP contribution in [-0.2, 0) is 0 Å². The Morgan fingerprint density at radius 1 is 1.06 bits per heavy atom. The average Bonchev–Trinajstić information content (AvgIpc) is 2.38. The standard InChI is InChI=1S/C14H14N2OS/c1-10-3-5-12(6-4-10)13(17)9-18-14-15-7-11(2)8-16-14/h3-8H,9H2,1-2H3. The molecule has 0 saturated heterocycles. The highest BCUT2D eigenvalue weighted by atomic mass is 32.2. The summed E-state index contributed by atoms with van der Waals surface area (Å²) < 4.78 is 0. The number of carbonyl (C=O) groups excluding carboxylic acids is 1. The van der Waals surface area contributed by atoms with Gasteiger partial charge in [0, 0.05) is 18.0 Å². The van der Waals surface area contributed by atoms with Gasteiger partial charge in [-0.05, 0) is 19.4 Å². The van der Waals surface area contributed by atoms with Gasteiger partial charge in [0.05, 0.1) is 5.75 Å². The average molecular weight is 258 g/mol. The zero-order chi connectivity index (χ0) is 13.0. The third kappa shape index (κ3) is 3.40. The largest absolute Gasteiger partial charge is 0.293 e. The Balaban J connectivity index is 1.96. The molecule has 0 aliphatic carbocycles. The summed E-state index contributed by atoms with van der Waals surface area (Å²) in [5.41, 5.74) is 2.91. The Morgan fingerprint density at radius 2 is 1.67 bits per heavy atom. The van der Waals surface area contributed by atoms with Crippen molar-refractivity contribution in [3.8, 4) is 0 Å². The van der Waals surface area contributed by atoms with E-state index in [0.29, 0.717) is 10.9 Å². The van der Waals surface area contributed by atoms with E-state index in [4.69, 9.17) is 0 Å². The van der Waals surface area contributed by atoms with Crippen molar-refractivity contribution in [3.05, 3.63) is 53.3 Å². The maximum atomic E-state index is 11.9. The van der Waals surface area contributed by atoms with Crippen LogP contribution in [0.15, 0.2) is 41.8 Å². The van der Waals surface area contributed by atoms with Crippen LogP contribution in [0.4, 0.5) is 0 Å². The lowest BCUT2D eigenvalue weighted by Crippen LogP contribution is -2.03. The molecule has 1 aromatic heterocycles. The second kappa shape index (κ2) is 5.78. The highest BCUT2D eigenvalue weighted by molar-refractivity contribution is 7.99. The molecule has 2 aromatic rings. The van der Waals surface area contributed by atoms with Gasteiger partial charge in [-0.15, -0.1) is 0 Å².